The van der Waals surface area contributed by atoms with Gasteiger partial charge in [0.1, 0.15) is 0 Å². The van der Waals surface area contributed by atoms with Gasteiger partial charge in [-0.25, -0.2) is 0 Å². The fourth-order valence-electron chi connectivity index (χ4n) is 2.08. The molecule has 4 heteroatoms. The lowest BCUT2D eigenvalue weighted by Crippen LogP contribution is -2.46. The average molecular weight is 228 g/mol. The van der Waals surface area contributed by atoms with E-state index in [1.165, 1.54) is 0 Å². The zero-order valence-corrected chi connectivity index (χ0v) is 10.4. The Morgan fingerprint density at radius 1 is 1.56 bits per heavy atom. The van der Waals surface area contributed by atoms with Crippen LogP contribution in [0.5, 0.6) is 0 Å². The molecule has 1 aliphatic heterocycles. The lowest BCUT2D eigenvalue weighted by Gasteiger charge is -2.26. The largest absolute Gasteiger partial charge is 0.376 e. The normalized spacial score (nSPS) is 22.1. The van der Waals surface area contributed by atoms with Crippen LogP contribution in [0, 0.1) is 0 Å². The van der Waals surface area contributed by atoms with Gasteiger partial charge in [0, 0.05) is 19.7 Å². The summed E-state index contributed by atoms with van der Waals surface area (Å²) in [7, 11) is 0. The number of rotatable bonds is 6. The van der Waals surface area contributed by atoms with Gasteiger partial charge in [-0.1, -0.05) is 13.3 Å². The molecule has 0 aliphatic carbocycles. The third kappa shape index (κ3) is 3.76. The lowest BCUT2D eigenvalue weighted by molar-refractivity contribution is -0.134. The number of amides is 1. The second-order valence-corrected chi connectivity index (χ2v) is 4.41. The molecule has 1 aliphatic rings. The van der Waals surface area contributed by atoms with Crippen LogP contribution in [-0.2, 0) is 9.53 Å². The average Bonchev–Trinajstić information content (AvgIpc) is 2.78. The first-order valence-corrected chi connectivity index (χ1v) is 6.35. The molecule has 16 heavy (non-hydrogen) atoms. The number of nitrogens with zero attached hydrogens (tertiary/aromatic N) is 1. The van der Waals surface area contributed by atoms with E-state index in [9.17, 15) is 4.79 Å². The second kappa shape index (κ2) is 6.86. The van der Waals surface area contributed by atoms with Gasteiger partial charge in [-0.15, -0.1) is 0 Å². The first-order valence-electron chi connectivity index (χ1n) is 6.35. The lowest BCUT2D eigenvalue weighted by atomic mass is 10.1. The highest BCUT2D eigenvalue weighted by atomic mass is 16.5. The highest BCUT2D eigenvalue weighted by Crippen LogP contribution is 2.14. The van der Waals surface area contributed by atoms with Crippen molar-refractivity contribution in [1.29, 1.82) is 0 Å². The summed E-state index contributed by atoms with van der Waals surface area (Å²) < 4.78 is 5.54. The number of hydrogen-bond donors (Lipinski definition) is 1. The van der Waals surface area contributed by atoms with Crippen LogP contribution in [0.4, 0.5) is 0 Å². The summed E-state index contributed by atoms with van der Waals surface area (Å²) in [4.78, 5) is 13.8. The number of carbonyl (C=O) groups is 1. The van der Waals surface area contributed by atoms with E-state index in [1.54, 1.807) is 0 Å². The summed E-state index contributed by atoms with van der Waals surface area (Å²) in [6.07, 6.45) is 4.10. The molecule has 1 fully saturated rings. The summed E-state index contributed by atoms with van der Waals surface area (Å²) in [5.41, 5.74) is 5.85. The number of likely N-dealkylation sites (N-methyl/N-ethyl adjacent to an activating group) is 1. The van der Waals surface area contributed by atoms with Gasteiger partial charge < -0.3 is 15.4 Å². The van der Waals surface area contributed by atoms with Crippen LogP contribution in [0.3, 0.4) is 0 Å². The van der Waals surface area contributed by atoms with E-state index in [0.717, 1.165) is 38.8 Å². The molecular formula is C12H24N2O2. The predicted octanol–water partition coefficient (Wildman–Crippen LogP) is 1.14. The van der Waals surface area contributed by atoms with E-state index in [4.69, 9.17) is 10.5 Å². The Balaban J connectivity index is 2.42. The number of hydrogen-bond acceptors (Lipinski definition) is 3. The minimum atomic E-state index is -0.341. The molecule has 2 N–H and O–H groups in total. The van der Waals surface area contributed by atoms with E-state index in [1.807, 2.05) is 18.7 Å². The summed E-state index contributed by atoms with van der Waals surface area (Å²) in [6, 6.07) is -0.341. The fraction of sp³-hybridized carbons (Fsp3) is 0.917. The Kier molecular flexibility index (Phi) is 5.77. The molecule has 0 spiro atoms. The van der Waals surface area contributed by atoms with E-state index >= 15 is 0 Å². The molecule has 1 unspecified atom stereocenters. The Morgan fingerprint density at radius 3 is 2.81 bits per heavy atom. The highest BCUT2D eigenvalue weighted by Gasteiger charge is 2.24. The Labute approximate surface area is 98.1 Å². The van der Waals surface area contributed by atoms with Crippen molar-refractivity contribution < 1.29 is 9.53 Å². The second-order valence-electron chi connectivity index (χ2n) is 4.41. The van der Waals surface area contributed by atoms with Gasteiger partial charge in [0.15, 0.2) is 0 Å². The smallest absolute Gasteiger partial charge is 0.239 e. The van der Waals surface area contributed by atoms with Gasteiger partial charge >= 0.3 is 0 Å². The minimum Gasteiger partial charge on any atom is -0.376 e. The van der Waals surface area contributed by atoms with Gasteiger partial charge in [-0.05, 0) is 26.2 Å². The van der Waals surface area contributed by atoms with Gasteiger partial charge in [-0.2, -0.15) is 0 Å². The van der Waals surface area contributed by atoms with Crippen LogP contribution >= 0.6 is 0 Å². The van der Waals surface area contributed by atoms with Gasteiger partial charge in [0.05, 0.1) is 12.1 Å². The van der Waals surface area contributed by atoms with Gasteiger partial charge in [0.2, 0.25) is 5.91 Å². The summed E-state index contributed by atoms with van der Waals surface area (Å²) in [5, 5.41) is 0. The molecule has 1 heterocycles. The molecular weight excluding hydrogens is 204 g/mol. The number of nitrogens with two attached hydrogens (primary N) is 1. The summed E-state index contributed by atoms with van der Waals surface area (Å²) in [6.45, 7) is 6.29. The van der Waals surface area contributed by atoms with Crippen LogP contribution in [-0.4, -0.2) is 42.6 Å². The first-order chi connectivity index (χ1) is 7.69. The van der Waals surface area contributed by atoms with Crippen molar-refractivity contribution in [1.82, 2.24) is 4.90 Å². The van der Waals surface area contributed by atoms with Crippen LogP contribution in [0.2, 0.25) is 0 Å². The molecule has 4 nitrogen and oxygen atoms in total. The molecule has 0 aromatic carbocycles. The molecule has 0 aromatic heterocycles. The van der Waals surface area contributed by atoms with Crippen LogP contribution in [0.25, 0.3) is 0 Å². The van der Waals surface area contributed by atoms with Crippen molar-refractivity contribution in [3.05, 3.63) is 0 Å². The summed E-state index contributed by atoms with van der Waals surface area (Å²) >= 11 is 0. The van der Waals surface area contributed by atoms with Crippen LogP contribution in [0.1, 0.15) is 39.5 Å². The monoisotopic (exact) mass is 228 g/mol. The maximum atomic E-state index is 12.0. The Hall–Kier alpha value is -0.610. The molecule has 1 amide bonds. The molecule has 0 bridgehead atoms. The molecule has 0 aromatic rings. The molecule has 94 valence electrons. The maximum absolute atomic E-state index is 12.0. The van der Waals surface area contributed by atoms with Crippen molar-refractivity contribution in [2.24, 2.45) is 5.73 Å². The van der Waals surface area contributed by atoms with Crippen molar-refractivity contribution in [3.63, 3.8) is 0 Å². The zero-order valence-electron chi connectivity index (χ0n) is 10.4. The third-order valence-electron chi connectivity index (χ3n) is 3.06. The van der Waals surface area contributed by atoms with Crippen LogP contribution < -0.4 is 5.73 Å². The van der Waals surface area contributed by atoms with Crippen LogP contribution in [0.15, 0.2) is 0 Å². The van der Waals surface area contributed by atoms with Crippen molar-refractivity contribution in [2.75, 3.05) is 19.7 Å². The van der Waals surface area contributed by atoms with Gasteiger partial charge in [-0.3, -0.25) is 4.79 Å². The standard InChI is InChI=1S/C12H24N2O2/c1-3-6-11(13)12(15)14(4-2)9-10-7-5-8-16-10/h10-11H,3-9,13H2,1-2H3/t10?,11-/m0/s1. The fourth-order valence-corrected chi connectivity index (χ4v) is 2.08. The van der Waals surface area contributed by atoms with E-state index in [-0.39, 0.29) is 18.1 Å². The van der Waals surface area contributed by atoms with E-state index in [2.05, 4.69) is 0 Å². The molecule has 1 rings (SSSR count). The highest BCUT2D eigenvalue weighted by molar-refractivity contribution is 5.81. The molecule has 1 saturated heterocycles. The quantitative estimate of drug-likeness (QED) is 0.741. The van der Waals surface area contributed by atoms with E-state index in [0.29, 0.717) is 6.54 Å². The number of carbonyl (C=O) groups excluding carboxylic acids is 1. The van der Waals surface area contributed by atoms with E-state index < -0.39 is 0 Å². The molecule has 0 radical (unpaired) electrons. The third-order valence-corrected chi connectivity index (χ3v) is 3.06. The Morgan fingerprint density at radius 2 is 2.31 bits per heavy atom. The van der Waals surface area contributed by atoms with Crippen molar-refractivity contribution in [3.8, 4) is 0 Å². The van der Waals surface area contributed by atoms with Crippen molar-refractivity contribution >= 4 is 5.91 Å². The van der Waals surface area contributed by atoms with Gasteiger partial charge in [0.25, 0.3) is 0 Å². The Bertz CT molecular complexity index is 215. The summed E-state index contributed by atoms with van der Waals surface area (Å²) in [5.74, 6) is 0.0693. The maximum Gasteiger partial charge on any atom is 0.239 e. The first kappa shape index (κ1) is 13.5. The molecule has 0 saturated carbocycles. The number of ether oxygens (including phenoxy) is 1. The predicted molar refractivity (Wildman–Crippen MR) is 64.1 cm³/mol. The zero-order chi connectivity index (χ0) is 12.0. The minimum absolute atomic E-state index is 0.0693. The topological polar surface area (TPSA) is 55.6 Å². The van der Waals surface area contributed by atoms with Crippen molar-refractivity contribution in [2.45, 2.75) is 51.7 Å². The SMILES string of the molecule is CCC[C@H](N)C(=O)N(CC)CC1CCCO1. The molecule has 2 atom stereocenters.